The highest BCUT2D eigenvalue weighted by atomic mass is 16.1. The van der Waals surface area contributed by atoms with Crippen LogP contribution in [0.25, 0.3) is 0 Å². The van der Waals surface area contributed by atoms with Gasteiger partial charge in [-0.2, -0.15) is 15.5 Å². The minimum atomic E-state index is -0.629. The molecule has 0 saturated heterocycles. The first kappa shape index (κ1) is 33.2. The van der Waals surface area contributed by atoms with Crippen LogP contribution in [-0.2, 0) is 33.3 Å². The number of terminal acetylenes is 1. The van der Waals surface area contributed by atoms with E-state index in [0.717, 1.165) is 64.1 Å². The Bertz CT molecular complexity index is 2040. The van der Waals surface area contributed by atoms with Crippen molar-refractivity contribution in [2.75, 3.05) is 0 Å². The SMILES string of the molecule is C#Cc1n[nH]c2c1C(C)(c1ccccc1)C1=C(C2)CC(C)(C)CC1=O.CC1(C)CC(=O)C2=C(Cc3[nH]nc(C#N)c3C2(C)c2ccccc2)C1. The third-order valence-corrected chi connectivity index (χ3v) is 11.3. The van der Waals surface area contributed by atoms with E-state index in [1.165, 1.54) is 11.1 Å². The van der Waals surface area contributed by atoms with E-state index in [-0.39, 0.29) is 22.4 Å². The third-order valence-electron chi connectivity index (χ3n) is 11.3. The van der Waals surface area contributed by atoms with Crippen LogP contribution in [0.15, 0.2) is 83.0 Å². The summed E-state index contributed by atoms with van der Waals surface area (Å²) in [5.74, 6) is 3.16. The second-order valence-electron chi connectivity index (χ2n) is 16.3. The molecule has 0 fully saturated rings. The predicted molar refractivity (Wildman–Crippen MR) is 193 cm³/mol. The summed E-state index contributed by atoms with van der Waals surface area (Å²) in [6.45, 7) is 12.8. The molecule has 50 heavy (non-hydrogen) atoms. The van der Waals surface area contributed by atoms with Gasteiger partial charge < -0.3 is 0 Å². The van der Waals surface area contributed by atoms with Gasteiger partial charge in [-0.15, -0.1) is 6.42 Å². The van der Waals surface area contributed by atoms with Crippen molar-refractivity contribution in [3.05, 3.63) is 128 Å². The van der Waals surface area contributed by atoms with Gasteiger partial charge in [-0.3, -0.25) is 19.8 Å². The zero-order chi connectivity index (χ0) is 35.6. The van der Waals surface area contributed by atoms with Gasteiger partial charge in [-0.1, -0.05) is 99.5 Å². The number of hydrogen-bond acceptors (Lipinski definition) is 5. The first-order valence-corrected chi connectivity index (χ1v) is 17.4. The number of benzene rings is 2. The Hall–Kier alpha value is -5.27. The van der Waals surface area contributed by atoms with Crippen LogP contribution >= 0.6 is 0 Å². The molecule has 4 aliphatic carbocycles. The summed E-state index contributed by atoms with van der Waals surface area (Å²) in [7, 11) is 0. The Labute approximate surface area is 294 Å². The van der Waals surface area contributed by atoms with Crippen molar-refractivity contribution >= 4 is 11.6 Å². The van der Waals surface area contributed by atoms with Gasteiger partial charge in [0, 0.05) is 59.3 Å². The minimum Gasteiger partial charge on any atom is -0.294 e. The normalized spacial score (nSPS) is 24.5. The molecule has 2 aromatic heterocycles. The van der Waals surface area contributed by atoms with Gasteiger partial charge in [0.1, 0.15) is 11.8 Å². The van der Waals surface area contributed by atoms with Gasteiger partial charge in [-0.25, -0.2) is 0 Å². The number of nitriles is 1. The molecule has 0 amide bonds. The van der Waals surface area contributed by atoms with E-state index in [1.807, 2.05) is 48.5 Å². The lowest BCUT2D eigenvalue weighted by molar-refractivity contribution is -0.119. The molecule has 2 unspecified atom stereocenters. The Morgan fingerprint density at radius 3 is 1.44 bits per heavy atom. The number of H-pyrrole nitrogens is 2. The lowest BCUT2D eigenvalue weighted by Gasteiger charge is -2.43. The summed E-state index contributed by atoms with van der Waals surface area (Å²) in [4.78, 5) is 26.4. The van der Waals surface area contributed by atoms with Crippen molar-refractivity contribution in [2.45, 2.75) is 90.9 Å². The fraction of sp³-hybridized carbons (Fsp3) is 0.372. The highest BCUT2D eigenvalue weighted by Crippen LogP contribution is 2.54. The van der Waals surface area contributed by atoms with Crippen molar-refractivity contribution < 1.29 is 9.59 Å². The quantitative estimate of drug-likeness (QED) is 0.213. The molecule has 0 spiro atoms. The lowest BCUT2D eigenvalue weighted by atomic mass is 9.58. The van der Waals surface area contributed by atoms with Gasteiger partial charge in [0.25, 0.3) is 0 Å². The molecule has 0 bridgehead atoms. The fourth-order valence-electron chi connectivity index (χ4n) is 9.54. The number of aromatic amines is 2. The molecule has 0 saturated carbocycles. The zero-order valence-electron chi connectivity index (χ0n) is 29.8. The maximum atomic E-state index is 13.2. The lowest BCUT2D eigenvalue weighted by Crippen LogP contribution is -2.41. The standard InChI is InChI=1S/C22H22N2O.C21H21N3O/c1-5-16-20-17(24-23-16)11-14-12-21(2,3)13-18(25)19(14)22(20,4)15-9-7-6-8-10-15;1-20(2)10-13-9-15-19(16(12-22)24-23-15)21(3,18(13)17(25)11-20)14-7-5-4-6-8-14/h1,6-10H,11-13H2,2-4H3,(H,23,24);4-8H,9-11H2,1-3H3,(H,23,24). The number of carbonyl (C=O) groups excluding carboxylic acids is 2. The van der Waals surface area contributed by atoms with Crippen molar-refractivity contribution in [3.8, 4) is 18.4 Å². The average Bonchev–Trinajstić information content (AvgIpc) is 3.69. The number of hydrogen-bond donors (Lipinski definition) is 2. The number of ketones is 2. The molecule has 7 nitrogen and oxygen atoms in total. The molecule has 4 aromatic rings. The van der Waals surface area contributed by atoms with E-state index < -0.39 is 10.8 Å². The van der Waals surface area contributed by atoms with Crippen molar-refractivity contribution in [1.82, 2.24) is 20.4 Å². The van der Waals surface area contributed by atoms with Crippen LogP contribution in [0.3, 0.4) is 0 Å². The summed E-state index contributed by atoms with van der Waals surface area (Å²) in [5, 5.41) is 24.4. The summed E-state index contributed by atoms with van der Waals surface area (Å²) < 4.78 is 0. The maximum absolute atomic E-state index is 13.2. The number of fused-ring (bicyclic) bond motifs is 2. The minimum absolute atomic E-state index is 0.0000132. The highest BCUT2D eigenvalue weighted by molar-refractivity contribution is 6.02. The van der Waals surface area contributed by atoms with E-state index >= 15 is 0 Å². The molecule has 8 rings (SSSR count). The number of allylic oxidation sites excluding steroid dienone is 4. The van der Waals surface area contributed by atoms with Crippen LogP contribution in [0.4, 0.5) is 0 Å². The molecule has 252 valence electrons. The Morgan fingerprint density at radius 2 is 1.04 bits per heavy atom. The molecule has 2 heterocycles. The van der Waals surface area contributed by atoms with E-state index in [2.05, 4.69) is 86.1 Å². The van der Waals surface area contributed by atoms with Crippen LogP contribution in [0.5, 0.6) is 0 Å². The molecule has 2 aromatic carbocycles. The monoisotopic (exact) mass is 661 g/mol. The van der Waals surface area contributed by atoms with Crippen molar-refractivity contribution in [3.63, 3.8) is 0 Å². The smallest absolute Gasteiger partial charge is 0.166 e. The molecular weight excluding hydrogens is 619 g/mol. The van der Waals surface area contributed by atoms with Gasteiger partial charge in [0.2, 0.25) is 0 Å². The predicted octanol–water partition coefficient (Wildman–Crippen LogP) is 7.77. The number of aromatic nitrogens is 4. The van der Waals surface area contributed by atoms with Gasteiger partial charge in [-0.05, 0) is 54.6 Å². The van der Waals surface area contributed by atoms with Crippen molar-refractivity contribution in [1.29, 1.82) is 5.26 Å². The number of nitrogens with zero attached hydrogens (tertiary/aromatic N) is 3. The first-order chi connectivity index (χ1) is 23.7. The Kier molecular flexibility index (Phi) is 7.75. The van der Waals surface area contributed by atoms with Gasteiger partial charge >= 0.3 is 0 Å². The Balaban J connectivity index is 0.000000157. The molecule has 4 aliphatic rings. The van der Waals surface area contributed by atoms with Crippen LogP contribution < -0.4 is 0 Å². The number of Topliss-reactive ketones (excluding diaryl/α,β-unsaturated/α-hetero) is 2. The van der Waals surface area contributed by atoms with Crippen molar-refractivity contribution in [2.24, 2.45) is 10.8 Å². The Morgan fingerprint density at radius 1 is 0.640 bits per heavy atom. The number of rotatable bonds is 2. The fourth-order valence-corrected chi connectivity index (χ4v) is 9.54. The largest absolute Gasteiger partial charge is 0.294 e. The van der Waals surface area contributed by atoms with Gasteiger partial charge in [0.15, 0.2) is 17.3 Å². The second-order valence-corrected chi connectivity index (χ2v) is 16.3. The van der Waals surface area contributed by atoms with E-state index in [4.69, 9.17) is 6.42 Å². The zero-order valence-corrected chi connectivity index (χ0v) is 29.8. The summed E-state index contributed by atoms with van der Waals surface area (Å²) in [5.41, 5.74) is 10.0. The summed E-state index contributed by atoms with van der Waals surface area (Å²) in [6, 6.07) is 22.4. The molecular formula is C43H43N5O2. The maximum Gasteiger partial charge on any atom is 0.166 e. The van der Waals surface area contributed by atoms with Crippen LogP contribution in [-0.4, -0.2) is 32.0 Å². The highest BCUT2D eigenvalue weighted by Gasteiger charge is 2.50. The summed E-state index contributed by atoms with van der Waals surface area (Å²) in [6.07, 6.45) is 10.1. The first-order valence-electron chi connectivity index (χ1n) is 17.4. The molecule has 7 heteroatoms. The van der Waals surface area contributed by atoms with E-state index in [1.54, 1.807) is 0 Å². The average molecular weight is 662 g/mol. The van der Waals surface area contributed by atoms with Crippen LogP contribution in [0.2, 0.25) is 0 Å². The van der Waals surface area contributed by atoms with Gasteiger partial charge in [0.05, 0.1) is 10.8 Å². The second kappa shape index (κ2) is 11.7. The third kappa shape index (κ3) is 5.11. The van der Waals surface area contributed by atoms with E-state index in [0.29, 0.717) is 30.7 Å². The molecule has 0 aliphatic heterocycles. The molecule has 2 atom stereocenters. The molecule has 2 N–H and O–H groups in total. The van der Waals surface area contributed by atoms with Crippen LogP contribution in [0, 0.1) is 34.5 Å². The number of nitrogens with one attached hydrogen (secondary N) is 2. The van der Waals surface area contributed by atoms with Crippen LogP contribution in [0.1, 0.15) is 112 Å². The molecule has 0 radical (unpaired) electrons. The topological polar surface area (TPSA) is 115 Å². The van der Waals surface area contributed by atoms with E-state index in [9.17, 15) is 14.9 Å². The number of carbonyl (C=O) groups is 2. The summed E-state index contributed by atoms with van der Waals surface area (Å²) >= 11 is 0.